The first kappa shape index (κ1) is 22.6. The number of carbonyl (C=O) groups excluding carboxylic acids is 1. The molecule has 2 rings (SSSR count). The highest BCUT2D eigenvalue weighted by Crippen LogP contribution is 2.29. The van der Waals surface area contributed by atoms with Crippen molar-refractivity contribution < 1.29 is 24.4 Å². The molecule has 5 nitrogen and oxygen atoms in total. The van der Waals surface area contributed by atoms with E-state index in [0.29, 0.717) is 31.7 Å². The quantitative estimate of drug-likeness (QED) is 0.192. The fraction of sp³-hybridized carbons (Fsp3) is 0.955. The molecule has 2 aliphatic rings. The Morgan fingerprint density at radius 2 is 1.59 bits per heavy atom. The summed E-state index contributed by atoms with van der Waals surface area (Å²) in [6.45, 7) is 0.893. The zero-order chi connectivity index (χ0) is 19.2. The number of hydrogen-bond acceptors (Lipinski definition) is 5. The van der Waals surface area contributed by atoms with Crippen LogP contribution in [0.5, 0.6) is 0 Å². The zero-order valence-corrected chi connectivity index (χ0v) is 17.0. The summed E-state index contributed by atoms with van der Waals surface area (Å²) in [4.78, 5) is 16.5. The number of hydrogen-bond donors (Lipinski definition) is 1. The summed E-state index contributed by atoms with van der Waals surface area (Å²) in [6.07, 6.45) is 18.1. The van der Waals surface area contributed by atoms with Gasteiger partial charge in [0.1, 0.15) is 6.61 Å². The van der Waals surface area contributed by atoms with Gasteiger partial charge in [0.05, 0.1) is 18.8 Å². The minimum absolute atomic E-state index is 0.0445. The van der Waals surface area contributed by atoms with Crippen molar-refractivity contribution in [1.29, 1.82) is 0 Å². The van der Waals surface area contributed by atoms with Crippen molar-refractivity contribution in [3.05, 3.63) is 0 Å². The van der Waals surface area contributed by atoms with E-state index in [2.05, 4.69) is 0 Å². The Morgan fingerprint density at radius 1 is 0.889 bits per heavy atom. The van der Waals surface area contributed by atoms with E-state index in [0.717, 1.165) is 44.9 Å². The normalized spacial score (nSPS) is 20.5. The van der Waals surface area contributed by atoms with Crippen LogP contribution >= 0.6 is 0 Å². The molecule has 0 amide bonds. The minimum Gasteiger partial charge on any atom is -0.463 e. The van der Waals surface area contributed by atoms with Gasteiger partial charge in [0.15, 0.2) is 0 Å². The molecule has 5 heteroatoms. The number of esters is 1. The second-order valence-electron chi connectivity index (χ2n) is 8.42. The lowest BCUT2D eigenvalue weighted by Crippen LogP contribution is -2.20. The largest absolute Gasteiger partial charge is 0.463 e. The number of ether oxygens (including phenoxy) is 2. The summed E-state index contributed by atoms with van der Waals surface area (Å²) in [7, 11) is 0. The molecule has 1 N–H and O–H groups in total. The van der Waals surface area contributed by atoms with Crippen LogP contribution in [0.4, 0.5) is 0 Å². The third kappa shape index (κ3) is 10.5. The van der Waals surface area contributed by atoms with Gasteiger partial charge in [-0.15, -0.1) is 0 Å². The van der Waals surface area contributed by atoms with E-state index in [1.165, 1.54) is 51.4 Å². The molecule has 0 heterocycles. The van der Waals surface area contributed by atoms with E-state index in [4.69, 9.17) is 19.6 Å². The van der Waals surface area contributed by atoms with Gasteiger partial charge in [-0.05, 0) is 38.0 Å². The number of rotatable bonds is 13. The summed E-state index contributed by atoms with van der Waals surface area (Å²) in [5, 5.41) is 9.13. The van der Waals surface area contributed by atoms with E-state index < -0.39 is 0 Å². The summed E-state index contributed by atoms with van der Waals surface area (Å²) >= 11 is 0. The molecule has 158 valence electrons. The van der Waals surface area contributed by atoms with Gasteiger partial charge in [-0.1, -0.05) is 64.2 Å². The fourth-order valence-corrected chi connectivity index (χ4v) is 4.50. The monoisotopic (exact) mass is 384 g/mol. The first-order valence-corrected chi connectivity index (χ1v) is 11.4. The van der Waals surface area contributed by atoms with E-state index in [1.807, 2.05) is 0 Å². The van der Waals surface area contributed by atoms with Crippen LogP contribution in [-0.4, -0.2) is 36.6 Å². The molecule has 0 aromatic rings. The Kier molecular flexibility index (Phi) is 12.0. The van der Waals surface area contributed by atoms with E-state index in [-0.39, 0.29) is 12.1 Å². The standard InChI is InChI=1S/C22H40O5/c23-22(26-17-16-25-20-12-6-2-7-13-20)15-9-3-8-14-21(27-24)18-19-10-4-1-5-11-19/h19-21,24H,1-18H2. The minimum atomic E-state index is -0.126. The Balaban J connectivity index is 1.41. The van der Waals surface area contributed by atoms with Gasteiger partial charge < -0.3 is 9.47 Å². The predicted octanol–water partition coefficient (Wildman–Crippen LogP) is 5.66. The zero-order valence-electron chi connectivity index (χ0n) is 17.0. The van der Waals surface area contributed by atoms with Gasteiger partial charge in [-0.25, -0.2) is 4.89 Å². The molecule has 0 aliphatic heterocycles. The van der Waals surface area contributed by atoms with Crippen LogP contribution < -0.4 is 0 Å². The van der Waals surface area contributed by atoms with Crippen molar-refractivity contribution in [1.82, 2.24) is 0 Å². The van der Waals surface area contributed by atoms with Crippen LogP contribution in [0.3, 0.4) is 0 Å². The second kappa shape index (κ2) is 14.4. The van der Waals surface area contributed by atoms with Gasteiger partial charge in [0, 0.05) is 6.42 Å². The second-order valence-corrected chi connectivity index (χ2v) is 8.42. The maximum absolute atomic E-state index is 11.8. The smallest absolute Gasteiger partial charge is 0.305 e. The summed E-state index contributed by atoms with van der Waals surface area (Å²) in [6, 6.07) is 0. The molecule has 2 saturated carbocycles. The maximum Gasteiger partial charge on any atom is 0.305 e. The van der Waals surface area contributed by atoms with E-state index in [1.54, 1.807) is 0 Å². The van der Waals surface area contributed by atoms with Crippen molar-refractivity contribution in [2.75, 3.05) is 13.2 Å². The lowest BCUT2D eigenvalue weighted by molar-refractivity contribution is -0.283. The molecule has 0 aromatic carbocycles. The van der Waals surface area contributed by atoms with Crippen molar-refractivity contribution in [3.63, 3.8) is 0 Å². The molecule has 0 radical (unpaired) electrons. The van der Waals surface area contributed by atoms with Crippen LogP contribution in [-0.2, 0) is 19.2 Å². The molecular weight excluding hydrogens is 344 g/mol. The van der Waals surface area contributed by atoms with E-state index >= 15 is 0 Å². The Morgan fingerprint density at radius 3 is 2.30 bits per heavy atom. The third-order valence-corrected chi connectivity index (χ3v) is 6.13. The SMILES string of the molecule is O=C(CCCCCC(CC1CCCCC1)OO)OCCOC1CCCCC1. The topological polar surface area (TPSA) is 65.0 Å². The van der Waals surface area contributed by atoms with Crippen molar-refractivity contribution in [2.24, 2.45) is 5.92 Å². The predicted molar refractivity (Wildman–Crippen MR) is 106 cm³/mol. The molecule has 27 heavy (non-hydrogen) atoms. The molecular formula is C22H40O5. The average Bonchev–Trinajstić information content (AvgIpc) is 2.71. The van der Waals surface area contributed by atoms with Gasteiger partial charge >= 0.3 is 5.97 Å². The number of carbonyl (C=O) groups is 1. The summed E-state index contributed by atoms with van der Waals surface area (Å²) in [5.41, 5.74) is 0. The van der Waals surface area contributed by atoms with Crippen LogP contribution in [0.25, 0.3) is 0 Å². The van der Waals surface area contributed by atoms with Crippen molar-refractivity contribution in [3.8, 4) is 0 Å². The molecule has 0 aromatic heterocycles. The third-order valence-electron chi connectivity index (χ3n) is 6.13. The van der Waals surface area contributed by atoms with Gasteiger partial charge in [-0.3, -0.25) is 10.1 Å². The van der Waals surface area contributed by atoms with Crippen LogP contribution in [0.2, 0.25) is 0 Å². The van der Waals surface area contributed by atoms with Gasteiger partial charge in [-0.2, -0.15) is 0 Å². The molecule has 0 saturated heterocycles. The van der Waals surface area contributed by atoms with Crippen LogP contribution in [0, 0.1) is 5.92 Å². The Hall–Kier alpha value is -0.650. The Bertz CT molecular complexity index is 375. The lowest BCUT2D eigenvalue weighted by atomic mass is 9.84. The molecule has 2 aliphatic carbocycles. The first-order valence-electron chi connectivity index (χ1n) is 11.4. The molecule has 2 fully saturated rings. The average molecular weight is 385 g/mol. The van der Waals surface area contributed by atoms with Crippen LogP contribution in [0.15, 0.2) is 0 Å². The van der Waals surface area contributed by atoms with E-state index in [9.17, 15) is 4.79 Å². The first-order chi connectivity index (χ1) is 13.3. The highest BCUT2D eigenvalue weighted by molar-refractivity contribution is 5.69. The van der Waals surface area contributed by atoms with Crippen molar-refractivity contribution in [2.45, 2.75) is 115 Å². The van der Waals surface area contributed by atoms with Crippen molar-refractivity contribution >= 4 is 5.97 Å². The highest BCUT2D eigenvalue weighted by atomic mass is 17.1. The molecule has 1 atom stereocenters. The molecule has 0 bridgehead atoms. The Labute approximate surface area is 165 Å². The summed E-state index contributed by atoms with van der Waals surface area (Å²) in [5.74, 6) is 0.584. The molecule has 0 spiro atoms. The lowest BCUT2D eigenvalue weighted by Gasteiger charge is -2.24. The summed E-state index contributed by atoms with van der Waals surface area (Å²) < 4.78 is 11.0. The van der Waals surface area contributed by atoms with Crippen LogP contribution in [0.1, 0.15) is 103 Å². The highest BCUT2D eigenvalue weighted by Gasteiger charge is 2.19. The molecule has 1 unspecified atom stereocenters. The number of unbranched alkanes of at least 4 members (excludes halogenated alkanes) is 2. The fourth-order valence-electron chi connectivity index (χ4n) is 4.50. The van der Waals surface area contributed by atoms with Gasteiger partial charge in [0.2, 0.25) is 0 Å². The van der Waals surface area contributed by atoms with Gasteiger partial charge in [0.25, 0.3) is 0 Å². The maximum atomic E-state index is 11.8.